The SMILES string of the molecule is CC(N)(C1CCC(SCNC(C)(C2CCC(S)CC2)C(F)(F)F)CC1)C(F)(F)F. The molecule has 0 heterocycles. The topological polar surface area (TPSA) is 38.0 Å². The van der Waals surface area contributed by atoms with E-state index in [9.17, 15) is 26.3 Å². The van der Waals surface area contributed by atoms with Gasteiger partial charge in [-0.2, -0.15) is 39.0 Å². The Morgan fingerprint density at radius 1 is 0.828 bits per heavy atom. The number of thiol groups is 1. The van der Waals surface area contributed by atoms with Crippen LogP contribution in [0.25, 0.3) is 0 Å². The number of rotatable bonds is 6. The van der Waals surface area contributed by atoms with Crippen molar-refractivity contribution in [3.05, 3.63) is 0 Å². The molecule has 2 unspecified atom stereocenters. The smallest absolute Gasteiger partial charge is 0.318 e. The minimum atomic E-state index is -4.46. The van der Waals surface area contributed by atoms with Gasteiger partial charge in [-0.05, 0) is 77.0 Å². The number of hydrogen-bond acceptors (Lipinski definition) is 4. The van der Waals surface area contributed by atoms with Gasteiger partial charge in [-0.1, -0.05) is 0 Å². The van der Waals surface area contributed by atoms with Crippen LogP contribution in [0.4, 0.5) is 26.3 Å². The Morgan fingerprint density at radius 2 is 1.31 bits per heavy atom. The minimum absolute atomic E-state index is 0.0495. The lowest BCUT2D eigenvalue weighted by atomic mass is 9.75. The molecular formula is C19H32F6N2S2. The van der Waals surface area contributed by atoms with Crippen LogP contribution in [0.5, 0.6) is 0 Å². The van der Waals surface area contributed by atoms with Gasteiger partial charge in [-0.25, -0.2) is 0 Å². The summed E-state index contributed by atoms with van der Waals surface area (Å²) in [6.45, 7) is 2.26. The quantitative estimate of drug-likeness (QED) is 0.259. The molecule has 0 bridgehead atoms. The van der Waals surface area contributed by atoms with E-state index >= 15 is 0 Å². The van der Waals surface area contributed by atoms with Gasteiger partial charge in [0.05, 0.1) is 0 Å². The summed E-state index contributed by atoms with van der Waals surface area (Å²) in [6.07, 6.45) is -4.75. The third-order valence-corrected chi connectivity index (χ3v) is 8.76. The molecule has 0 aromatic carbocycles. The number of nitrogens with two attached hydrogens (primary N) is 1. The van der Waals surface area contributed by atoms with Crippen LogP contribution >= 0.6 is 24.4 Å². The third-order valence-electron chi connectivity index (χ3n) is 6.99. The van der Waals surface area contributed by atoms with Gasteiger partial charge in [-0.15, -0.1) is 11.8 Å². The van der Waals surface area contributed by atoms with Crippen molar-refractivity contribution in [2.45, 2.75) is 99.1 Å². The first-order valence-electron chi connectivity index (χ1n) is 10.2. The zero-order valence-electron chi connectivity index (χ0n) is 16.9. The highest BCUT2D eigenvalue weighted by Crippen LogP contribution is 2.45. The monoisotopic (exact) mass is 466 g/mol. The lowest BCUT2D eigenvalue weighted by molar-refractivity contribution is -0.208. The molecule has 2 aliphatic rings. The Morgan fingerprint density at radius 3 is 1.76 bits per heavy atom. The van der Waals surface area contributed by atoms with Crippen molar-refractivity contribution in [2.24, 2.45) is 17.6 Å². The van der Waals surface area contributed by atoms with Crippen molar-refractivity contribution in [2.75, 3.05) is 5.88 Å². The van der Waals surface area contributed by atoms with E-state index in [0.717, 1.165) is 6.92 Å². The molecule has 10 heteroatoms. The highest BCUT2D eigenvalue weighted by molar-refractivity contribution is 7.99. The van der Waals surface area contributed by atoms with Crippen molar-refractivity contribution >= 4 is 24.4 Å². The summed E-state index contributed by atoms with van der Waals surface area (Å²) >= 11 is 5.75. The van der Waals surface area contributed by atoms with Crippen molar-refractivity contribution in [1.82, 2.24) is 5.32 Å². The van der Waals surface area contributed by atoms with Crippen LogP contribution in [0, 0.1) is 11.8 Å². The Bertz CT molecular complexity index is 524. The van der Waals surface area contributed by atoms with Gasteiger partial charge in [-0.3, -0.25) is 5.32 Å². The Balaban J connectivity index is 1.86. The Kier molecular flexibility index (Phi) is 8.22. The van der Waals surface area contributed by atoms with Crippen molar-refractivity contribution < 1.29 is 26.3 Å². The Hall–Kier alpha value is 0.200. The van der Waals surface area contributed by atoms with E-state index in [1.54, 1.807) is 0 Å². The number of nitrogens with one attached hydrogen (secondary N) is 1. The average Bonchev–Trinajstić information content (AvgIpc) is 2.60. The molecule has 0 aromatic heterocycles. The summed E-state index contributed by atoms with van der Waals surface area (Å²) in [4.78, 5) is 0. The van der Waals surface area contributed by atoms with Gasteiger partial charge in [0.25, 0.3) is 0 Å². The van der Waals surface area contributed by atoms with E-state index in [1.807, 2.05) is 0 Å². The number of halogens is 6. The van der Waals surface area contributed by atoms with Crippen LogP contribution in [-0.2, 0) is 0 Å². The first-order chi connectivity index (χ1) is 13.2. The molecule has 3 N–H and O–H groups in total. The average molecular weight is 467 g/mol. The number of thioether (sulfide) groups is 1. The zero-order chi connectivity index (χ0) is 22.1. The molecule has 0 aromatic rings. The summed E-state index contributed by atoms with van der Waals surface area (Å²) in [7, 11) is 0. The maximum absolute atomic E-state index is 13.8. The van der Waals surface area contributed by atoms with Crippen molar-refractivity contribution in [3.63, 3.8) is 0 Å². The fraction of sp³-hybridized carbons (Fsp3) is 1.00. The summed E-state index contributed by atoms with van der Waals surface area (Å²) in [6, 6.07) is 0. The molecule has 0 spiro atoms. The molecule has 2 aliphatic carbocycles. The molecule has 2 saturated carbocycles. The molecule has 0 radical (unpaired) electrons. The fourth-order valence-electron chi connectivity index (χ4n) is 4.50. The summed E-state index contributed by atoms with van der Waals surface area (Å²) in [5.41, 5.74) is 1.36. The molecular weight excluding hydrogens is 434 g/mol. The third kappa shape index (κ3) is 5.92. The highest BCUT2D eigenvalue weighted by atomic mass is 32.2. The predicted molar refractivity (Wildman–Crippen MR) is 109 cm³/mol. The molecule has 0 amide bonds. The van der Waals surface area contributed by atoms with Gasteiger partial charge in [0.2, 0.25) is 0 Å². The van der Waals surface area contributed by atoms with Gasteiger partial charge in [0, 0.05) is 16.4 Å². The molecule has 2 fully saturated rings. The molecule has 2 nitrogen and oxygen atoms in total. The standard InChI is InChI=1S/C19H32F6N2S2/c1-16(26,18(20,21)22)12-5-9-15(10-6-12)29-11-27-17(2,19(23,24)25)13-3-7-14(28)8-4-13/h12-15,27-28H,3-11,26H2,1-2H3. The summed E-state index contributed by atoms with van der Waals surface area (Å²) in [5, 5.41) is 2.96. The molecule has 0 aliphatic heterocycles. The number of hydrogen-bond donors (Lipinski definition) is 3. The van der Waals surface area contributed by atoms with Crippen LogP contribution < -0.4 is 11.1 Å². The molecule has 2 rings (SSSR count). The van der Waals surface area contributed by atoms with Crippen molar-refractivity contribution in [1.29, 1.82) is 0 Å². The van der Waals surface area contributed by atoms with E-state index in [-0.39, 0.29) is 16.4 Å². The first-order valence-corrected chi connectivity index (χ1v) is 11.7. The van der Waals surface area contributed by atoms with Gasteiger partial charge in [0.15, 0.2) is 0 Å². The lowest BCUT2D eigenvalue weighted by Crippen LogP contribution is -2.60. The molecule has 29 heavy (non-hydrogen) atoms. The second-order valence-corrected chi connectivity index (χ2v) is 11.0. The lowest BCUT2D eigenvalue weighted by Gasteiger charge is -2.43. The second-order valence-electron chi connectivity index (χ2n) is 8.95. The first kappa shape index (κ1) is 25.5. The zero-order valence-corrected chi connectivity index (χ0v) is 18.6. The van der Waals surface area contributed by atoms with Crippen LogP contribution in [0.3, 0.4) is 0 Å². The van der Waals surface area contributed by atoms with Gasteiger partial charge in [0.1, 0.15) is 11.1 Å². The van der Waals surface area contributed by atoms with Crippen LogP contribution in [-0.4, -0.2) is 39.8 Å². The maximum Gasteiger partial charge on any atom is 0.406 e. The van der Waals surface area contributed by atoms with Crippen molar-refractivity contribution in [3.8, 4) is 0 Å². The summed E-state index contributed by atoms with van der Waals surface area (Å²) in [5.74, 6) is -1.01. The van der Waals surface area contributed by atoms with Gasteiger partial charge >= 0.3 is 12.4 Å². The fourth-order valence-corrected chi connectivity index (χ4v) is 6.02. The predicted octanol–water partition coefficient (Wildman–Crippen LogP) is 5.91. The van der Waals surface area contributed by atoms with E-state index < -0.39 is 35.3 Å². The molecule has 0 saturated heterocycles. The van der Waals surface area contributed by atoms with Crippen LogP contribution in [0.2, 0.25) is 0 Å². The van der Waals surface area contributed by atoms with Gasteiger partial charge < -0.3 is 5.73 Å². The summed E-state index contributed by atoms with van der Waals surface area (Å²) < 4.78 is 80.8. The van der Waals surface area contributed by atoms with E-state index in [4.69, 9.17) is 5.73 Å². The van der Waals surface area contributed by atoms with Crippen LogP contribution in [0.15, 0.2) is 0 Å². The second kappa shape index (κ2) is 9.36. The maximum atomic E-state index is 13.8. The molecule has 2 atom stereocenters. The largest absolute Gasteiger partial charge is 0.406 e. The number of alkyl halides is 6. The Labute approximate surface area is 178 Å². The van der Waals surface area contributed by atoms with E-state index in [0.29, 0.717) is 51.4 Å². The molecule has 172 valence electrons. The van der Waals surface area contributed by atoms with Crippen LogP contribution in [0.1, 0.15) is 65.2 Å². The highest BCUT2D eigenvalue weighted by Gasteiger charge is 2.56. The normalized spacial score (nSPS) is 33.7. The van der Waals surface area contributed by atoms with E-state index in [2.05, 4.69) is 17.9 Å². The minimum Gasteiger partial charge on any atom is -0.318 e. The van der Waals surface area contributed by atoms with E-state index in [1.165, 1.54) is 18.7 Å².